The van der Waals surface area contributed by atoms with Crippen molar-refractivity contribution in [1.82, 2.24) is 9.80 Å². The number of nitrogens with zero attached hydrogens (tertiary/aromatic N) is 2. The fraction of sp³-hybridized carbons (Fsp3) is 0.652. The van der Waals surface area contributed by atoms with Crippen molar-refractivity contribution in [2.45, 2.75) is 63.9 Å². The highest BCUT2D eigenvalue weighted by molar-refractivity contribution is 5.79. The summed E-state index contributed by atoms with van der Waals surface area (Å²) in [5.74, 6) is 1.65. The summed E-state index contributed by atoms with van der Waals surface area (Å²) in [4.78, 5) is 28.8. The lowest BCUT2D eigenvalue weighted by molar-refractivity contribution is -0.140. The second-order valence-corrected chi connectivity index (χ2v) is 8.55. The van der Waals surface area contributed by atoms with E-state index in [0.29, 0.717) is 6.42 Å². The lowest BCUT2D eigenvalue weighted by atomic mass is 9.76. The van der Waals surface area contributed by atoms with Crippen molar-refractivity contribution in [3.63, 3.8) is 0 Å². The third-order valence-corrected chi connectivity index (χ3v) is 6.54. The smallest absolute Gasteiger partial charge is 0.225 e. The molecular formula is C23H34N2O3. The second-order valence-electron chi connectivity index (χ2n) is 8.55. The molecule has 2 amide bonds. The number of amides is 2. The van der Waals surface area contributed by atoms with E-state index < -0.39 is 0 Å². The van der Waals surface area contributed by atoms with Crippen molar-refractivity contribution in [2.24, 2.45) is 5.92 Å². The lowest BCUT2D eigenvalue weighted by Crippen LogP contribution is -2.53. The Labute approximate surface area is 169 Å². The molecule has 2 aliphatic heterocycles. The van der Waals surface area contributed by atoms with Crippen molar-refractivity contribution in [2.75, 3.05) is 27.2 Å². The molecule has 2 aliphatic rings. The van der Waals surface area contributed by atoms with Crippen LogP contribution in [0.4, 0.5) is 0 Å². The van der Waals surface area contributed by atoms with E-state index in [4.69, 9.17) is 4.74 Å². The Morgan fingerprint density at radius 2 is 1.82 bits per heavy atom. The van der Waals surface area contributed by atoms with Gasteiger partial charge in [0.25, 0.3) is 0 Å². The van der Waals surface area contributed by atoms with Crippen LogP contribution in [0.1, 0.15) is 63.9 Å². The highest BCUT2D eigenvalue weighted by Gasteiger charge is 2.44. The Morgan fingerprint density at radius 3 is 2.43 bits per heavy atom. The summed E-state index contributed by atoms with van der Waals surface area (Å²) in [6.45, 7) is 5.66. The Kier molecular flexibility index (Phi) is 6.31. The van der Waals surface area contributed by atoms with Gasteiger partial charge >= 0.3 is 0 Å². The van der Waals surface area contributed by atoms with E-state index in [1.54, 1.807) is 4.90 Å². The second kappa shape index (κ2) is 8.54. The molecule has 154 valence electrons. The minimum Gasteiger partial charge on any atom is -0.487 e. The fourth-order valence-electron chi connectivity index (χ4n) is 4.66. The van der Waals surface area contributed by atoms with Gasteiger partial charge in [0, 0.05) is 58.3 Å². The minimum absolute atomic E-state index is 0.132. The number of hydrogen-bond acceptors (Lipinski definition) is 3. The molecule has 0 N–H and O–H groups in total. The van der Waals surface area contributed by atoms with E-state index in [9.17, 15) is 9.59 Å². The fourth-order valence-corrected chi connectivity index (χ4v) is 4.66. The molecule has 0 radical (unpaired) electrons. The molecule has 0 aliphatic carbocycles. The highest BCUT2D eigenvalue weighted by atomic mass is 16.5. The summed E-state index contributed by atoms with van der Waals surface area (Å²) in [5.41, 5.74) is 0.870. The maximum atomic E-state index is 12.7. The molecule has 1 aromatic rings. The summed E-state index contributed by atoms with van der Waals surface area (Å²) in [5, 5.41) is 0. The first-order valence-electron chi connectivity index (χ1n) is 10.7. The molecule has 5 nitrogen and oxygen atoms in total. The third kappa shape index (κ3) is 4.18. The molecule has 0 saturated carbocycles. The van der Waals surface area contributed by atoms with Gasteiger partial charge in [0.1, 0.15) is 11.4 Å². The average molecular weight is 387 g/mol. The predicted molar refractivity (Wildman–Crippen MR) is 110 cm³/mol. The first-order chi connectivity index (χ1) is 13.4. The highest BCUT2D eigenvalue weighted by Crippen LogP contribution is 2.46. The number of carbonyl (C=O) groups is 2. The van der Waals surface area contributed by atoms with Crippen LogP contribution in [-0.4, -0.2) is 54.4 Å². The molecule has 1 saturated heterocycles. The average Bonchev–Trinajstić information content (AvgIpc) is 2.69. The van der Waals surface area contributed by atoms with E-state index in [0.717, 1.165) is 56.5 Å². The summed E-state index contributed by atoms with van der Waals surface area (Å²) < 4.78 is 6.51. The van der Waals surface area contributed by atoms with Crippen LogP contribution >= 0.6 is 0 Å². The van der Waals surface area contributed by atoms with Gasteiger partial charge in [0.05, 0.1) is 0 Å². The van der Waals surface area contributed by atoms with E-state index in [2.05, 4.69) is 19.9 Å². The number of carbonyl (C=O) groups excluding carboxylic acids is 2. The zero-order valence-electron chi connectivity index (χ0n) is 17.7. The van der Waals surface area contributed by atoms with Gasteiger partial charge in [-0.15, -0.1) is 0 Å². The number of ether oxygens (including phenoxy) is 1. The van der Waals surface area contributed by atoms with Gasteiger partial charge in [-0.05, 0) is 30.9 Å². The van der Waals surface area contributed by atoms with E-state index in [-0.39, 0.29) is 29.3 Å². The molecule has 28 heavy (non-hydrogen) atoms. The summed E-state index contributed by atoms with van der Waals surface area (Å²) >= 11 is 0. The van der Waals surface area contributed by atoms with Crippen molar-refractivity contribution >= 4 is 11.8 Å². The van der Waals surface area contributed by atoms with Gasteiger partial charge in [-0.25, -0.2) is 0 Å². The minimum atomic E-state index is -0.268. The zero-order valence-corrected chi connectivity index (χ0v) is 17.7. The summed E-state index contributed by atoms with van der Waals surface area (Å²) in [6.07, 6.45) is 4.81. The number of benzene rings is 1. The molecule has 1 spiro atoms. The van der Waals surface area contributed by atoms with E-state index in [1.807, 2.05) is 37.2 Å². The van der Waals surface area contributed by atoms with Gasteiger partial charge < -0.3 is 14.5 Å². The van der Waals surface area contributed by atoms with Gasteiger partial charge in [-0.1, -0.05) is 32.0 Å². The Morgan fingerprint density at radius 1 is 1.18 bits per heavy atom. The molecule has 0 unspecified atom stereocenters. The normalized spacial score (nSPS) is 20.6. The maximum Gasteiger partial charge on any atom is 0.225 e. The molecule has 1 atom stereocenters. The Hall–Kier alpha value is -2.04. The topological polar surface area (TPSA) is 49.9 Å². The van der Waals surface area contributed by atoms with Crippen LogP contribution in [0.5, 0.6) is 5.75 Å². The molecule has 2 heterocycles. The number of piperidine rings is 1. The van der Waals surface area contributed by atoms with Crippen molar-refractivity contribution in [1.29, 1.82) is 0 Å². The zero-order chi connectivity index (χ0) is 20.3. The van der Waals surface area contributed by atoms with Gasteiger partial charge in [-0.2, -0.15) is 0 Å². The molecule has 3 rings (SSSR count). The number of rotatable bonds is 5. The van der Waals surface area contributed by atoms with Crippen molar-refractivity contribution < 1.29 is 14.3 Å². The number of hydrogen-bond donors (Lipinski definition) is 0. The van der Waals surface area contributed by atoms with Crippen LogP contribution in [0, 0.1) is 5.92 Å². The largest absolute Gasteiger partial charge is 0.487 e. The molecule has 1 aromatic carbocycles. The van der Waals surface area contributed by atoms with Crippen LogP contribution in [0.3, 0.4) is 0 Å². The van der Waals surface area contributed by atoms with Crippen LogP contribution in [0.2, 0.25) is 0 Å². The molecular weight excluding hydrogens is 352 g/mol. The van der Waals surface area contributed by atoms with Crippen LogP contribution in [0.25, 0.3) is 0 Å². The van der Waals surface area contributed by atoms with Crippen molar-refractivity contribution in [3.05, 3.63) is 29.8 Å². The first-order valence-corrected chi connectivity index (χ1v) is 10.7. The van der Waals surface area contributed by atoms with Crippen molar-refractivity contribution in [3.8, 4) is 5.75 Å². The molecule has 0 aromatic heterocycles. The first kappa shape index (κ1) is 20.7. The summed E-state index contributed by atoms with van der Waals surface area (Å²) in [6, 6.07) is 8.12. The number of para-hydroxylation sites is 1. The maximum absolute atomic E-state index is 12.7. The predicted octanol–water partition coefficient (Wildman–Crippen LogP) is 3.83. The molecule has 5 heteroatoms. The molecule has 0 bridgehead atoms. The van der Waals surface area contributed by atoms with Gasteiger partial charge in [0.2, 0.25) is 11.8 Å². The third-order valence-electron chi connectivity index (χ3n) is 6.54. The lowest BCUT2D eigenvalue weighted by Gasteiger charge is -2.47. The Bertz CT molecular complexity index is 704. The van der Waals surface area contributed by atoms with Crippen LogP contribution < -0.4 is 4.74 Å². The van der Waals surface area contributed by atoms with Crippen LogP contribution in [0.15, 0.2) is 24.3 Å². The standard InChI is InChI=1S/C23H34N2O3/c1-5-17(6-2)22(27)25-13-11-23(12-14-25)16-18(15-21(26)24(3)4)19-9-7-8-10-20(19)28-23/h7-10,17-18H,5-6,11-16H2,1-4H3/t18-/m1/s1. The monoisotopic (exact) mass is 386 g/mol. The van der Waals surface area contributed by atoms with Gasteiger partial charge in [0.15, 0.2) is 0 Å². The van der Waals surface area contributed by atoms with Gasteiger partial charge in [-0.3, -0.25) is 9.59 Å². The quantitative estimate of drug-likeness (QED) is 0.773. The van der Waals surface area contributed by atoms with E-state index >= 15 is 0 Å². The van der Waals surface area contributed by atoms with E-state index in [1.165, 1.54) is 0 Å². The summed E-state index contributed by atoms with van der Waals surface area (Å²) in [7, 11) is 3.62. The van der Waals surface area contributed by atoms with Crippen LogP contribution in [-0.2, 0) is 9.59 Å². The number of fused-ring (bicyclic) bond motifs is 1. The SMILES string of the molecule is CCC(CC)C(=O)N1CCC2(CC1)C[C@@H](CC(=O)N(C)C)c1ccccc1O2. The Balaban J connectivity index is 1.75. The molecule has 1 fully saturated rings. The number of likely N-dealkylation sites (tertiary alicyclic amines) is 1.